The number of nitrogens with zero attached hydrogens (tertiary/aromatic N) is 3. The van der Waals surface area contributed by atoms with Crippen LogP contribution >= 0.6 is 0 Å². The first-order valence-electron chi connectivity index (χ1n) is 12.1. The minimum atomic E-state index is 0.0844. The van der Waals surface area contributed by atoms with E-state index in [9.17, 15) is 4.79 Å². The van der Waals surface area contributed by atoms with Crippen LogP contribution in [0.25, 0.3) is 11.0 Å². The van der Waals surface area contributed by atoms with Crippen molar-refractivity contribution in [3.63, 3.8) is 0 Å². The number of carbonyl (C=O) groups is 1. The van der Waals surface area contributed by atoms with Gasteiger partial charge in [0.1, 0.15) is 11.6 Å². The van der Waals surface area contributed by atoms with Crippen molar-refractivity contribution in [2.24, 2.45) is 0 Å². The van der Waals surface area contributed by atoms with Gasteiger partial charge in [-0.25, -0.2) is 4.98 Å². The van der Waals surface area contributed by atoms with Crippen LogP contribution in [0.5, 0.6) is 5.75 Å². The van der Waals surface area contributed by atoms with Gasteiger partial charge in [-0.3, -0.25) is 4.79 Å². The molecule has 0 spiro atoms. The summed E-state index contributed by atoms with van der Waals surface area (Å²) in [7, 11) is 0. The highest BCUT2D eigenvalue weighted by Gasteiger charge is 2.35. The van der Waals surface area contributed by atoms with E-state index >= 15 is 0 Å². The van der Waals surface area contributed by atoms with Crippen LogP contribution in [-0.2, 0) is 11.3 Å². The van der Waals surface area contributed by atoms with Crippen molar-refractivity contribution in [1.29, 1.82) is 0 Å². The van der Waals surface area contributed by atoms with Crippen LogP contribution in [0, 0.1) is 13.8 Å². The first-order valence-corrected chi connectivity index (χ1v) is 12.1. The molecule has 174 valence electrons. The number of anilines is 1. The Bertz CT molecular complexity index is 1300. The smallest absolute Gasteiger partial charge is 0.227 e. The summed E-state index contributed by atoms with van der Waals surface area (Å²) in [6.45, 7) is 6.38. The normalized spacial score (nSPS) is 15.9. The van der Waals surface area contributed by atoms with E-state index in [2.05, 4.69) is 54.8 Å². The lowest BCUT2D eigenvalue weighted by Gasteiger charge is -2.20. The molecule has 4 aromatic rings. The standard InChI is InChI=1S/C29H31N3O2/c1-21-14-15-26(22(2)18-21)32-20-23(19-28(32)33)29-30-25-12-6-7-13-27(25)31(29)16-8-9-17-34-24-10-4-3-5-11-24/h3-7,10-15,18,23H,8-9,16-17,19-20H2,1-2H3/t23-/m0/s1. The third-order valence-corrected chi connectivity index (χ3v) is 6.61. The molecule has 5 rings (SSSR count). The number of rotatable bonds is 8. The molecule has 1 amide bonds. The number of carbonyl (C=O) groups excluding carboxylic acids is 1. The molecule has 0 saturated carbocycles. The Labute approximate surface area is 201 Å². The fourth-order valence-corrected chi connectivity index (χ4v) is 4.94. The molecule has 5 heteroatoms. The summed E-state index contributed by atoms with van der Waals surface area (Å²) in [6, 6.07) is 24.5. The fraction of sp³-hybridized carbons (Fsp3) is 0.310. The first-order chi connectivity index (χ1) is 16.6. The van der Waals surface area contributed by atoms with Gasteiger partial charge in [0.2, 0.25) is 5.91 Å². The van der Waals surface area contributed by atoms with E-state index in [-0.39, 0.29) is 11.8 Å². The topological polar surface area (TPSA) is 47.4 Å². The summed E-state index contributed by atoms with van der Waals surface area (Å²) in [5.74, 6) is 2.19. The molecule has 0 unspecified atom stereocenters. The molecule has 34 heavy (non-hydrogen) atoms. The number of unbranched alkanes of at least 4 members (excludes halogenated alkanes) is 1. The zero-order chi connectivity index (χ0) is 23.5. The van der Waals surface area contributed by atoms with Crippen molar-refractivity contribution in [2.45, 2.75) is 45.6 Å². The molecule has 1 saturated heterocycles. The SMILES string of the molecule is Cc1ccc(N2C[C@@H](c3nc4ccccc4n3CCCCOc3ccccc3)CC2=O)c(C)c1. The molecule has 0 radical (unpaired) electrons. The zero-order valence-electron chi connectivity index (χ0n) is 19.9. The van der Waals surface area contributed by atoms with Crippen molar-refractivity contribution < 1.29 is 9.53 Å². The van der Waals surface area contributed by atoms with Gasteiger partial charge in [-0.15, -0.1) is 0 Å². The number of imidazole rings is 1. The Morgan fingerprint density at radius 2 is 1.76 bits per heavy atom. The van der Waals surface area contributed by atoms with Crippen LogP contribution < -0.4 is 9.64 Å². The van der Waals surface area contributed by atoms with Gasteiger partial charge in [-0.05, 0) is 62.6 Å². The fourth-order valence-electron chi connectivity index (χ4n) is 4.94. The Balaban J connectivity index is 1.32. The maximum atomic E-state index is 13.0. The maximum Gasteiger partial charge on any atom is 0.227 e. The monoisotopic (exact) mass is 453 g/mol. The first kappa shape index (κ1) is 22.2. The molecule has 1 aliphatic heterocycles. The lowest BCUT2D eigenvalue weighted by atomic mass is 10.1. The Kier molecular flexibility index (Phi) is 6.35. The predicted octanol–water partition coefficient (Wildman–Crippen LogP) is 6.03. The number of aryl methyl sites for hydroxylation is 3. The molecule has 2 heterocycles. The van der Waals surface area contributed by atoms with Crippen molar-refractivity contribution in [3.8, 4) is 5.75 Å². The molecular formula is C29H31N3O2. The highest BCUT2D eigenvalue weighted by molar-refractivity contribution is 5.97. The second kappa shape index (κ2) is 9.72. The highest BCUT2D eigenvalue weighted by Crippen LogP contribution is 2.34. The number of hydrogen-bond donors (Lipinski definition) is 0. The minimum absolute atomic E-state index is 0.0844. The zero-order valence-corrected chi connectivity index (χ0v) is 19.9. The van der Waals surface area contributed by atoms with E-state index < -0.39 is 0 Å². The molecule has 5 nitrogen and oxygen atoms in total. The van der Waals surface area contributed by atoms with Gasteiger partial charge in [0.05, 0.1) is 17.6 Å². The van der Waals surface area contributed by atoms with E-state index in [1.165, 1.54) is 5.56 Å². The van der Waals surface area contributed by atoms with Gasteiger partial charge in [0.15, 0.2) is 0 Å². The van der Waals surface area contributed by atoms with E-state index in [1.54, 1.807) is 0 Å². The number of hydrogen-bond acceptors (Lipinski definition) is 3. The second-order valence-corrected chi connectivity index (χ2v) is 9.17. The number of aromatic nitrogens is 2. The number of amides is 1. The molecule has 0 N–H and O–H groups in total. The Morgan fingerprint density at radius 1 is 0.971 bits per heavy atom. The molecule has 1 aromatic heterocycles. The molecule has 0 bridgehead atoms. The van der Waals surface area contributed by atoms with Gasteiger partial charge < -0.3 is 14.2 Å². The highest BCUT2D eigenvalue weighted by atomic mass is 16.5. The van der Waals surface area contributed by atoms with Gasteiger partial charge >= 0.3 is 0 Å². The lowest BCUT2D eigenvalue weighted by molar-refractivity contribution is -0.117. The maximum absolute atomic E-state index is 13.0. The number of para-hydroxylation sites is 3. The largest absolute Gasteiger partial charge is 0.494 e. The summed E-state index contributed by atoms with van der Waals surface area (Å²) in [6.07, 6.45) is 2.44. The molecule has 1 atom stereocenters. The molecule has 0 aliphatic carbocycles. The van der Waals surface area contributed by atoms with Crippen LogP contribution in [0.3, 0.4) is 0 Å². The summed E-state index contributed by atoms with van der Waals surface area (Å²) >= 11 is 0. The molecule has 1 fully saturated rings. The average molecular weight is 454 g/mol. The van der Waals surface area contributed by atoms with E-state index in [4.69, 9.17) is 9.72 Å². The van der Waals surface area contributed by atoms with Crippen molar-refractivity contribution >= 4 is 22.6 Å². The van der Waals surface area contributed by atoms with Gasteiger partial charge in [0.25, 0.3) is 0 Å². The molecule has 3 aromatic carbocycles. The van der Waals surface area contributed by atoms with Gasteiger partial charge in [-0.1, -0.05) is 48.0 Å². The second-order valence-electron chi connectivity index (χ2n) is 9.17. The number of ether oxygens (including phenoxy) is 1. The van der Waals surface area contributed by atoms with Crippen LogP contribution in [0.4, 0.5) is 5.69 Å². The summed E-state index contributed by atoms with van der Waals surface area (Å²) in [4.78, 5) is 20.0. The molecular weight excluding hydrogens is 422 g/mol. The van der Waals surface area contributed by atoms with Crippen LogP contribution in [-0.4, -0.2) is 28.6 Å². The molecule has 1 aliphatic rings. The summed E-state index contributed by atoms with van der Waals surface area (Å²) in [5.41, 5.74) is 5.50. The predicted molar refractivity (Wildman–Crippen MR) is 137 cm³/mol. The minimum Gasteiger partial charge on any atom is -0.494 e. The van der Waals surface area contributed by atoms with Gasteiger partial charge in [-0.2, -0.15) is 0 Å². The van der Waals surface area contributed by atoms with Crippen molar-refractivity contribution in [2.75, 3.05) is 18.1 Å². The van der Waals surface area contributed by atoms with Crippen molar-refractivity contribution in [3.05, 3.63) is 89.7 Å². The van der Waals surface area contributed by atoms with Crippen LogP contribution in [0.1, 0.15) is 42.1 Å². The Hall–Kier alpha value is -3.60. The quantitative estimate of drug-likeness (QED) is 0.306. The van der Waals surface area contributed by atoms with E-state index in [0.717, 1.165) is 53.2 Å². The number of benzene rings is 3. The summed E-state index contributed by atoms with van der Waals surface area (Å²) < 4.78 is 8.18. The third kappa shape index (κ3) is 4.56. The number of fused-ring (bicyclic) bond motifs is 1. The van der Waals surface area contributed by atoms with E-state index in [1.807, 2.05) is 41.3 Å². The van der Waals surface area contributed by atoms with E-state index in [0.29, 0.717) is 19.6 Å². The van der Waals surface area contributed by atoms with Crippen molar-refractivity contribution in [1.82, 2.24) is 9.55 Å². The average Bonchev–Trinajstić information content (AvgIpc) is 3.40. The third-order valence-electron chi connectivity index (χ3n) is 6.61. The van der Waals surface area contributed by atoms with Crippen LogP contribution in [0.2, 0.25) is 0 Å². The van der Waals surface area contributed by atoms with Crippen LogP contribution in [0.15, 0.2) is 72.8 Å². The summed E-state index contributed by atoms with van der Waals surface area (Å²) in [5, 5.41) is 0. The van der Waals surface area contributed by atoms with Gasteiger partial charge in [0, 0.05) is 31.1 Å². The Morgan fingerprint density at radius 3 is 2.59 bits per heavy atom. The lowest BCUT2D eigenvalue weighted by Crippen LogP contribution is -2.25.